The first kappa shape index (κ1) is 18.6. The number of fused-ring (bicyclic) bond motifs is 1. The molecule has 5 rings (SSSR count). The molecule has 1 amide bonds. The Labute approximate surface area is 175 Å². The zero-order valence-electron chi connectivity index (χ0n) is 17.0. The highest BCUT2D eigenvalue weighted by Gasteiger charge is 2.51. The van der Waals surface area contributed by atoms with Crippen molar-refractivity contribution < 1.29 is 19.0 Å². The number of carbonyl (C=O) groups is 1. The fourth-order valence-electron chi connectivity index (χ4n) is 4.06. The van der Waals surface area contributed by atoms with Gasteiger partial charge in [-0.3, -0.25) is 4.79 Å². The van der Waals surface area contributed by atoms with Gasteiger partial charge in [0.1, 0.15) is 5.75 Å². The van der Waals surface area contributed by atoms with Gasteiger partial charge < -0.3 is 19.5 Å². The van der Waals surface area contributed by atoms with E-state index >= 15 is 0 Å². The molecule has 0 radical (unpaired) electrons. The lowest BCUT2D eigenvalue weighted by molar-refractivity contribution is -0.118. The lowest BCUT2D eigenvalue weighted by Crippen LogP contribution is -2.28. The lowest BCUT2D eigenvalue weighted by Gasteiger charge is -2.18. The van der Waals surface area contributed by atoms with E-state index in [2.05, 4.69) is 11.4 Å². The smallest absolute Gasteiger partial charge is 0.235 e. The summed E-state index contributed by atoms with van der Waals surface area (Å²) in [4.78, 5) is 13.3. The Morgan fingerprint density at radius 1 is 1.00 bits per heavy atom. The van der Waals surface area contributed by atoms with E-state index < -0.39 is 5.41 Å². The Hall–Kier alpha value is -3.47. The van der Waals surface area contributed by atoms with E-state index in [4.69, 9.17) is 14.2 Å². The normalized spacial score (nSPS) is 15.5. The number of rotatable bonds is 5. The third kappa shape index (κ3) is 3.07. The van der Waals surface area contributed by atoms with Crippen molar-refractivity contribution >= 4 is 11.6 Å². The number of methoxy groups -OCH3 is 1. The Balaban J connectivity index is 1.41. The largest absolute Gasteiger partial charge is 0.497 e. The average Bonchev–Trinajstić information content (AvgIpc) is 3.46. The Bertz CT molecular complexity index is 1120. The minimum atomic E-state index is -0.496. The van der Waals surface area contributed by atoms with E-state index in [0.29, 0.717) is 5.75 Å². The van der Waals surface area contributed by atoms with Gasteiger partial charge in [0, 0.05) is 5.69 Å². The van der Waals surface area contributed by atoms with E-state index in [1.807, 2.05) is 61.5 Å². The number of hydrogen-bond donors (Lipinski definition) is 1. The van der Waals surface area contributed by atoms with Crippen molar-refractivity contribution in [1.29, 1.82) is 0 Å². The molecule has 0 atom stereocenters. The first-order valence-corrected chi connectivity index (χ1v) is 10.1. The molecule has 0 bridgehead atoms. The van der Waals surface area contributed by atoms with E-state index in [1.54, 1.807) is 7.11 Å². The number of ether oxygens (including phenoxy) is 3. The van der Waals surface area contributed by atoms with E-state index in [9.17, 15) is 4.79 Å². The van der Waals surface area contributed by atoms with Crippen LogP contribution in [0.4, 0.5) is 5.69 Å². The second-order valence-electron chi connectivity index (χ2n) is 7.81. The predicted octanol–water partition coefficient (Wildman–Crippen LogP) is 5.07. The van der Waals surface area contributed by atoms with Gasteiger partial charge in [-0.05, 0) is 72.4 Å². The molecule has 5 heteroatoms. The lowest BCUT2D eigenvalue weighted by atomic mass is 9.93. The highest BCUT2D eigenvalue weighted by molar-refractivity contribution is 6.02. The summed E-state index contributed by atoms with van der Waals surface area (Å²) in [5.74, 6) is 2.29. The summed E-state index contributed by atoms with van der Waals surface area (Å²) in [5, 5.41) is 3.18. The molecule has 0 unspecified atom stereocenters. The maximum Gasteiger partial charge on any atom is 0.235 e. The third-order valence-electron chi connectivity index (χ3n) is 6.09. The molecule has 152 valence electrons. The standard InChI is InChI=1S/C25H23NO4/c1-16-20(17-6-9-19(28-2)10-7-17)4-3-5-21(16)26-24(27)25(12-13-25)18-8-11-22-23(14-18)30-15-29-22/h3-11,14H,12-13,15H2,1-2H3,(H,26,27). The summed E-state index contributed by atoms with van der Waals surface area (Å²) in [7, 11) is 1.66. The van der Waals surface area contributed by atoms with Crippen LogP contribution in [-0.2, 0) is 10.2 Å². The fraction of sp³-hybridized carbons (Fsp3) is 0.240. The van der Waals surface area contributed by atoms with Gasteiger partial charge in [0.05, 0.1) is 12.5 Å². The minimum Gasteiger partial charge on any atom is -0.497 e. The summed E-state index contributed by atoms with van der Waals surface area (Å²) in [6.45, 7) is 2.27. The van der Waals surface area contributed by atoms with Crippen LogP contribution in [0.2, 0.25) is 0 Å². The summed E-state index contributed by atoms with van der Waals surface area (Å²) in [5.41, 5.74) is 4.53. The number of amides is 1. The molecular formula is C25H23NO4. The average molecular weight is 401 g/mol. The number of nitrogens with one attached hydrogen (secondary N) is 1. The second-order valence-corrected chi connectivity index (χ2v) is 7.81. The fourth-order valence-corrected chi connectivity index (χ4v) is 4.06. The van der Waals surface area contributed by atoms with Gasteiger partial charge in [0.15, 0.2) is 11.5 Å². The van der Waals surface area contributed by atoms with Crippen molar-refractivity contribution in [3.05, 3.63) is 71.8 Å². The van der Waals surface area contributed by atoms with E-state index in [1.165, 1.54) is 0 Å². The van der Waals surface area contributed by atoms with Crippen LogP contribution < -0.4 is 19.5 Å². The van der Waals surface area contributed by atoms with Gasteiger partial charge in [-0.1, -0.05) is 30.3 Å². The summed E-state index contributed by atoms with van der Waals surface area (Å²) >= 11 is 0. The monoisotopic (exact) mass is 401 g/mol. The van der Waals surface area contributed by atoms with Crippen molar-refractivity contribution in [1.82, 2.24) is 0 Å². The molecule has 1 saturated carbocycles. The molecule has 1 N–H and O–H groups in total. The van der Waals surface area contributed by atoms with Gasteiger partial charge in [0.25, 0.3) is 0 Å². The molecule has 1 aliphatic carbocycles. The number of benzene rings is 3. The van der Waals surface area contributed by atoms with Crippen molar-refractivity contribution in [2.45, 2.75) is 25.2 Å². The Morgan fingerprint density at radius 3 is 2.50 bits per heavy atom. The van der Waals surface area contributed by atoms with Gasteiger partial charge in [-0.2, -0.15) is 0 Å². The number of hydrogen-bond acceptors (Lipinski definition) is 4. The quantitative estimate of drug-likeness (QED) is 0.649. The second kappa shape index (κ2) is 7.10. The maximum atomic E-state index is 13.3. The van der Waals surface area contributed by atoms with Crippen LogP contribution in [0.5, 0.6) is 17.2 Å². The predicted molar refractivity (Wildman–Crippen MR) is 115 cm³/mol. The highest BCUT2D eigenvalue weighted by atomic mass is 16.7. The van der Waals surface area contributed by atoms with Crippen LogP contribution in [0.1, 0.15) is 24.0 Å². The summed E-state index contributed by atoms with van der Waals surface area (Å²) in [6, 6.07) is 19.7. The molecule has 2 aliphatic rings. The first-order chi connectivity index (χ1) is 14.6. The molecule has 0 spiro atoms. The van der Waals surface area contributed by atoms with Crippen LogP contribution in [0.15, 0.2) is 60.7 Å². The zero-order chi connectivity index (χ0) is 20.7. The summed E-state index contributed by atoms with van der Waals surface area (Å²) < 4.78 is 16.1. The molecule has 1 fully saturated rings. The maximum absolute atomic E-state index is 13.3. The molecule has 3 aromatic carbocycles. The van der Waals surface area contributed by atoms with Gasteiger partial charge in [-0.15, -0.1) is 0 Å². The van der Waals surface area contributed by atoms with Crippen LogP contribution in [0.25, 0.3) is 11.1 Å². The Kier molecular flexibility index (Phi) is 4.39. The van der Waals surface area contributed by atoms with Crippen molar-refractivity contribution in [2.75, 3.05) is 19.2 Å². The molecule has 3 aromatic rings. The van der Waals surface area contributed by atoms with Crippen LogP contribution in [0.3, 0.4) is 0 Å². The van der Waals surface area contributed by atoms with Crippen molar-refractivity contribution in [2.24, 2.45) is 0 Å². The molecule has 1 aliphatic heterocycles. The third-order valence-corrected chi connectivity index (χ3v) is 6.09. The SMILES string of the molecule is COc1ccc(-c2cccc(NC(=O)C3(c4ccc5c(c4)OCO5)CC3)c2C)cc1. The van der Waals surface area contributed by atoms with Gasteiger partial charge in [0.2, 0.25) is 12.7 Å². The number of anilines is 1. The van der Waals surface area contributed by atoms with Crippen LogP contribution in [0, 0.1) is 6.92 Å². The topological polar surface area (TPSA) is 56.8 Å². The molecule has 1 heterocycles. The molecule has 0 saturated heterocycles. The summed E-state index contributed by atoms with van der Waals surface area (Å²) in [6.07, 6.45) is 1.66. The van der Waals surface area contributed by atoms with Gasteiger partial charge >= 0.3 is 0 Å². The Morgan fingerprint density at radius 2 is 1.77 bits per heavy atom. The van der Waals surface area contributed by atoms with Crippen molar-refractivity contribution in [3.8, 4) is 28.4 Å². The van der Waals surface area contributed by atoms with Crippen LogP contribution >= 0.6 is 0 Å². The zero-order valence-corrected chi connectivity index (χ0v) is 17.0. The van der Waals surface area contributed by atoms with E-state index in [0.717, 1.165) is 52.3 Å². The van der Waals surface area contributed by atoms with Gasteiger partial charge in [-0.25, -0.2) is 0 Å². The highest BCUT2D eigenvalue weighted by Crippen LogP contribution is 2.51. The molecular weight excluding hydrogens is 378 g/mol. The number of carbonyl (C=O) groups excluding carboxylic acids is 1. The molecule has 5 nitrogen and oxygen atoms in total. The molecule has 30 heavy (non-hydrogen) atoms. The molecule has 0 aromatic heterocycles. The van der Waals surface area contributed by atoms with E-state index in [-0.39, 0.29) is 12.7 Å². The van der Waals surface area contributed by atoms with Crippen LogP contribution in [-0.4, -0.2) is 19.8 Å². The van der Waals surface area contributed by atoms with Crippen molar-refractivity contribution in [3.63, 3.8) is 0 Å². The minimum absolute atomic E-state index is 0.0244. The first-order valence-electron chi connectivity index (χ1n) is 10.1.